The van der Waals surface area contributed by atoms with E-state index >= 15 is 0 Å². The predicted molar refractivity (Wildman–Crippen MR) is 124 cm³/mol. The highest BCUT2D eigenvalue weighted by molar-refractivity contribution is 5.00. The van der Waals surface area contributed by atoms with Crippen LogP contribution in [0.15, 0.2) is 12.3 Å². The minimum atomic E-state index is 0.300. The van der Waals surface area contributed by atoms with E-state index in [1.54, 1.807) is 0 Å². The molecule has 0 aliphatic rings. The molecule has 0 rings (SSSR count). The Morgan fingerprint density at radius 3 is 1.48 bits per heavy atom. The highest BCUT2D eigenvalue weighted by Crippen LogP contribution is 2.14. The molecule has 0 heterocycles. The van der Waals surface area contributed by atoms with Crippen LogP contribution in [0.2, 0.25) is 0 Å². The van der Waals surface area contributed by atoms with Gasteiger partial charge < -0.3 is 11.1 Å². The zero-order chi connectivity index (χ0) is 20.2. The number of nitrogens with one attached hydrogen (secondary N) is 1. The van der Waals surface area contributed by atoms with Crippen LogP contribution >= 0.6 is 0 Å². The Morgan fingerprint density at radius 1 is 0.667 bits per heavy atom. The summed E-state index contributed by atoms with van der Waals surface area (Å²) in [5, 5.41) is 3.69. The Hall–Kier alpha value is -0.500. The van der Waals surface area contributed by atoms with Crippen LogP contribution in [0.1, 0.15) is 136 Å². The fourth-order valence-corrected chi connectivity index (χ4v) is 3.87. The normalized spacial score (nSPS) is 13.6. The standard InChI is InChI=1S/C25H52N2/c1-5-7-9-10-11-12-13-14-15-16-17-18-20-21-23(3)27-25(24(4)26)22-19-8-6-2/h23,25,27H,4-22,26H2,1-3H3. The monoisotopic (exact) mass is 380 g/mol. The summed E-state index contributed by atoms with van der Waals surface area (Å²) in [6, 6.07) is 0.846. The van der Waals surface area contributed by atoms with Crippen LogP contribution in [-0.2, 0) is 0 Å². The van der Waals surface area contributed by atoms with Crippen molar-refractivity contribution in [2.45, 2.75) is 148 Å². The van der Waals surface area contributed by atoms with Gasteiger partial charge in [0.15, 0.2) is 0 Å². The van der Waals surface area contributed by atoms with Crippen molar-refractivity contribution in [3.05, 3.63) is 12.3 Å². The van der Waals surface area contributed by atoms with E-state index in [1.807, 2.05) is 0 Å². The van der Waals surface area contributed by atoms with Crippen LogP contribution in [0.3, 0.4) is 0 Å². The van der Waals surface area contributed by atoms with Crippen LogP contribution in [0.25, 0.3) is 0 Å². The second-order valence-electron chi connectivity index (χ2n) is 8.72. The molecule has 0 bridgehead atoms. The molecule has 3 N–H and O–H groups in total. The van der Waals surface area contributed by atoms with Crippen LogP contribution in [-0.4, -0.2) is 12.1 Å². The van der Waals surface area contributed by atoms with Crippen molar-refractivity contribution < 1.29 is 0 Å². The van der Waals surface area contributed by atoms with Gasteiger partial charge in [-0.3, -0.25) is 0 Å². The summed E-state index contributed by atoms with van der Waals surface area (Å²) in [7, 11) is 0. The molecule has 0 aliphatic heterocycles. The summed E-state index contributed by atoms with van der Waals surface area (Å²) in [5.41, 5.74) is 6.79. The lowest BCUT2D eigenvalue weighted by atomic mass is 10.0. The van der Waals surface area contributed by atoms with Gasteiger partial charge in [-0.15, -0.1) is 0 Å². The van der Waals surface area contributed by atoms with Gasteiger partial charge in [-0.1, -0.05) is 123 Å². The number of nitrogens with two attached hydrogens (primary N) is 1. The maximum Gasteiger partial charge on any atom is 0.0463 e. The van der Waals surface area contributed by atoms with Crippen molar-refractivity contribution >= 4 is 0 Å². The molecule has 0 amide bonds. The second kappa shape index (κ2) is 20.2. The highest BCUT2D eigenvalue weighted by Gasteiger charge is 2.12. The number of hydrogen-bond acceptors (Lipinski definition) is 2. The molecular formula is C25H52N2. The molecule has 0 radical (unpaired) electrons. The average Bonchev–Trinajstić information content (AvgIpc) is 2.64. The van der Waals surface area contributed by atoms with Crippen LogP contribution in [0.4, 0.5) is 0 Å². The molecule has 162 valence electrons. The van der Waals surface area contributed by atoms with Crippen molar-refractivity contribution in [1.82, 2.24) is 5.32 Å². The van der Waals surface area contributed by atoms with E-state index < -0.39 is 0 Å². The zero-order valence-corrected chi connectivity index (χ0v) is 19.2. The number of unbranched alkanes of at least 4 members (excludes halogenated alkanes) is 14. The molecule has 2 heteroatoms. The van der Waals surface area contributed by atoms with Crippen molar-refractivity contribution in [3.8, 4) is 0 Å². The van der Waals surface area contributed by atoms with E-state index in [1.165, 1.54) is 109 Å². The van der Waals surface area contributed by atoms with Crippen LogP contribution in [0, 0.1) is 0 Å². The third-order valence-electron chi connectivity index (χ3n) is 5.77. The van der Waals surface area contributed by atoms with Gasteiger partial charge in [-0.05, 0) is 19.8 Å². The Morgan fingerprint density at radius 2 is 1.04 bits per heavy atom. The van der Waals surface area contributed by atoms with Gasteiger partial charge in [0.05, 0.1) is 0 Å². The lowest BCUT2D eigenvalue weighted by Gasteiger charge is -2.23. The average molecular weight is 381 g/mol. The molecule has 0 saturated heterocycles. The fraction of sp³-hybridized carbons (Fsp3) is 0.920. The zero-order valence-electron chi connectivity index (χ0n) is 19.2. The minimum absolute atomic E-state index is 0.300. The molecule has 2 atom stereocenters. The molecule has 0 spiro atoms. The van der Waals surface area contributed by atoms with E-state index in [9.17, 15) is 0 Å². The van der Waals surface area contributed by atoms with E-state index in [4.69, 9.17) is 5.73 Å². The Bertz CT molecular complexity index is 313. The Balaban J connectivity index is 3.46. The van der Waals surface area contributed by atoms with Gasteiger partial charge in [0.1, 0.15) is 0 Å². The van der Waals surface area contributed by atoms with E-state index in [0.717, 1.165) is 12.1 Å². The SMILES string of the molecule is C=C(N)C(CCCCC)NC(C)CCCCCCCCCCCCCCC. The van der Waals surface area contributed by atoms with E-state index in [0.29, 0.717) is 12.1 Å². The first kappa shape index (κ1) is 26.5. The molecular weight excluding hydrogens is 328 g/mol. The summed E-state index contributed by atoms with van der Waals surface area (Å²) in [6.07, 6.45) is 24.7. The first-order valence-electron chi connectivity index (χ1n) is 12.3. The van der Waals surface area contributed by atoms with Crippen molar-refractivity contribution in [2.24, 2.45) is 5.73 Å². The molecule has 0 saturated carbocycles. The van der Waals surface area contributed by atoms with Gasteiger partial charge in [-0.25, -0.2) is 0 Å². The predicted octanol–water partition coefficient (Wildman–Crippen LogP) is 7.87. The number of hydrogen-bond donors (Lipinski definition) is 2. The molecule has 27 heavy (non-hydrogen) atoms. The van der Waals surface area contributed by atoms with Gasteiger partial charge in [-0.2, -0.15) is 0 Å². The molecule has 0 fully saturated rings. The van der Waals surface area contributed by atoms with Gasteiger partial charge in [0.2, 0.25) is 0 Å². The third-order valence-corrected chi connectivity index (χ3v) is 5.77. The van der Waals surface area contributed by atoms with E-state index in [-0.39, 0.29) is 0 Å². The van der Waals surface area contributed by atoms with Crippen LogP contribution < -0.4 is 11.1 Å². The summed E-state index contributed by atoms with van der Waals surface area (Å²) in [4.78, 5) is 0. The molecule has 0 aromatic rings. The van der Waals surface area contributed by atoms with Gasteiger partial charge in [0.25, 0.3) is 0 Å². The molecule has 0 aliphatic carbocycles. The van der Waals surface area contributed by atoms with Crippen molar-refractivity contribution in [2.75, 3.05) is 0 Å². The summed E-state index contributed by atoms with van der Waals surface area (Å²) < 4.78 is 0. The molecule has 2 unspecified atom stereocenters. The summed E-state index contributed by atoms with van der Waals surface area (Å²) in [5.74, 6) is 0. The van der Waals surface area contributed by atoms with Gasteiger partial charge in [0, 0.05) is 17.8 Å². The maximum absolute atomic E-state index is 5.98. The van der Waals surface area contributed by atoms with E-state index in [2.05, 4.69) is 32.7 Å². The van der Waals surface area contributed by atoms with Gasteiger partial charge >= 0.3 is 0 Å². The first-order valence-corrected chi connectivity index (χ1v) is 12.3. The largest absolute Gasteiger partial charge is 0.401 e. The van der Waals surface area contributed by atoms with Crippen LogP contribution in [0.5, 0.6) is 0 Å². The second-order valence-corrected chi connectivity index (χ2v) is 8.72. The third kappa shape index (κ3) is 18.6. The topological polar surface area (TPSA) is 38.0 Å². The first-order chi connectivity index (χ1) is 13.1. The Kier molecular flexibility index (Phi) is 19.9. The minimum Gasteiger partial charge on any atom is -0.401 e. The fourth-order valence-electron chi connectivity index (χ4n) is 3.87. The summed E-state index contributed by atoms with van der Waals surface area (Å²) >= 11 is 0. The van der Waals surface area contributed by atoms with Crippen molar-refractivity contribution in [3.63, 3.8) is 0 Å². The lowest BCUT2D eigenvalue weighted by molar-refractivity contribution is 0.414. The summed E-state index contributed by atoms with van der Waals surface area (Å²) in [6.45, 7) is 10.8. The lowest BCUT2D eigenvalue weighted by Crippen LogP contribution is -2.39. The Labute approximate surface area is 172 Å². The molecule has 0 aromatic carbocycles. The maximum atomic E-state index is 5.98. The van der Waals surface area contributed by atoms with Crippen molar-refractivity contribution in [1.29, 1.82) is 0 Å². The molecule has 0 aromatic heterocycles. The quantitative estimate of drug-likeness (QED) is 0.199. The molecule has 2 nitrogen and oxygen atoms in total. The smallest absolute Gasteiger partial charge is 0.0463 e. The number of rotatable bonds is 21. The highest BCUT2D eigenvalue weighted by atomic mass is 15.0.